The minimum atomic E-state index is -4.26. The highest BCUT2D eigenvalue weighted by Gasteiger charge is 2.27. The number of benzene rings is 1. The molecule has 0 fully saturated rings. The first-order valence-corrected chi connectivity index (χ1v) is 6.23. The summed E-state index contributed by atoms with van der Waals surface area (Å²) >= 11 is 0. The molecule has 0 aliphatic heterocycles. The molecule has 2 rings (SSSR count). The van der Waals surface area contributed by atoms with E-state index in [-0.39, 0.29) is 6.61 Å². The van der Waals surface area contributed by atoms with E-state index in [0.29, 0.717) is 13.1 Å². The van der Waals surface area contributed by atoms with Gasteiger partial charge >= 0.3 is 6.18 Å². The smallest absolute Gasteiger partial charge is 0.371 e. The predicted molar refractivity (Wildman–Crippen MR) is 70.3 cm³/mol. The SMILES string of the molecule is FC(F)(F)COCCNCc1cncc2ccccc12. The van der Waals surface area contributed by atoms with Crippen molar-refractivity contribution >= 4 is 10.8 Å². The molecule has 6 heteroatoms. The third kappa shape index (κ3) is 4.47. The van der Waals surface area contributed by atoms with Crippen molar-refractivity contribution in [3.8, 4) is 0 Å². The van der Waals surface area contributed by atoms with Gasteiger partial charge in [-0.3, -0.25) is 4.98 Å². The Bertz CT molecular complexity index is 552. The van der Waals surface area contributed by atoms with Crippen molar-refractivity contribution in [1.29, 1.82) is 0 Å². The van der Waals surface area contributed by atoms with Crippen LogP contribution in [0.1, 0.15) is 5.56 Å². The Morgan fingerprint density at radius 3 is 2.75 bits per heavy atom. The van der Waals surface area contributed by atoms with Gasteiger partial charge in [0.1, 0.15) is 6.61 Å². The van der Waals surface area contributed by atoms with Crippen LogP contribution in [0, 0.1) is 0 Å². The van der Waals surface area contributed by atoms with Crippen LogP contribution in [-0.4, -0.2) is 30.9 Å². The number of pyridine rings is 1. The number of halogens is 3. The lowest BCUT2D eigenvalue weighted by atomic mass is 10.1. The van der Waals surface area contributed by atoms with Crippen LogP contribution in [0.4, 0.5) is 13.2 Å². The van der Waals surface area contributed by atoms with E-state index in [1.807, 2.05) is 24.3 Å². The van der Waals surface area contributed by atoms with Gasteiger partial charge in [-0.25, -0.2) is 0 Å². The lowest BCUT2D eigenvalue weighted by Gasteiger charge is -2.09. The maximum absolute atomic E-state index is 11.9. The van der Waals surface area contributed by atoms with Crippen molar-refractivity contribution in [2.45, 2.75) is 12.7 Å². The molecule has 2 aromatic rings. The highest BCUT2D eigenvalue weighted by molar-refractivity contribution is 5.84. The average molecular weight is 284 g/mol. The second-order valence-electron chi connectivity index (χ2n) is 4.36. The largest absolute Gasteiger partial charge is 0.411 e. The van der Waals surface area contributed by atoms with Gasteiger partial charge in [0.15, 0.2) is 0 Å². The molecule has 0 saturated heterocycles. The monoisotopic (exact) mass is 284 g/mol. The molecule has 108 valence electrons. The summed E-state index contributed by atoms with van der Waals surface area (Å²) in [5, 5.41) is 5.18. The summed E-state index contributed by atoms with van der Waals surface area (Å²) in [5.74, 6) is 0. The second kappa shape index (κ2) is 6.67. The van der Waals surface area contributed by atoms with Gasteiger partial charge < -0.3 is 10.1 Å². The van der Waals surface area contributed by atoms with Crippen LogP contribution in [0.25, 0.3) is 10.8 Å². The Labute approximate surface area is 114 Å². The van der Waals surface area contributed by atoms with Gasteiger partial charge in [-0.1, -0.05) is 24.3 Å². The summed E-state index contributed by atoms with van der Waals surface area (Å²) in [6.07, 6.45) is -0.725. The lowest BCUT2D eigenvalue weighted by Crippen LogP contribution is -2.23. The number of rotatable bonds is 6. The zero-order chi connectivity index (χ0) is 14.4. The van der Waals surface area contributed by atoms with Gasteiger partial charge in [-0.15, -0.1) is 0 Å². The molecule has 0 bridgehead atoms. The van der Waals surface area contributed by atoms with E-state index < -0.39 is 12.8 Å². The predicted octanol–water partition coefficient (Wildman–Crippen LogP) is 2.90. The number of hydrogen-bond donors (Lipinski definition) is 1. The minimum absolute atomic E-state index is 0.0255. The molecule has 3 nitrogen and oxygen atoms in total. The molecule has 0 unspecified atom stereocenters. The molecule has 0 amide bonds. The quantitative estimate of drug-likeness (QED) is 0.828. The highest BCUT2D eigenvalue weighted by Crippen LogP contribution is 2.16. The molecule has 0 radical (unpaired) electrons. The third-order valence-electron chi connectivity index (χ3n) is 2.76. The van der Waals surface area contributed by atoms with Crippen molar-refractivity contribution < 1.29 is 17.9 Å². The van der Waals surface area contributed by atoms with E-state index in [0.717, 1.165) is 16.3 Å². The van der Waals surface area contributed by atoms with Crippen molar-refractivity contribution in [2.75, 3.05) is 19.8 Å². The first-order valence-electron chi connectivity index (χ1n) is 6.23. The van der Waals surface area contributed by atoms with Crippen molar-refractivity contribution in [1.82, 2.24) is 10.3 Å². The molecule has 0 atom stereocenters. The molecular formula is C14H15F3N2O. The summed E-state index contributed by atoms with van der Waals surface area (Å²) in [7, 11) is 0. The van der Waals surface area contributed by atoms with Gasteiger partial charge in [0, 0.05) is 30.9 Å². The molecule has 1 N–H and O–H groups in total. The van der Waals surface area contributed by atoms with Gasteiger partial charge in [0.25, 0.3) is 0 Å². The summed E-state index contributed by atoms with van der Waals surface area (Å²) < 4.78 is 40.1. The zero-order valence-electron chi connectivity index (χ0n) is 10.8. The van der Waals surface area contributed by atoms with Gasteiger partial charge in [-0.05, 0) is 10.9 Å². The highest BCUT2D eigenvalue weighted by atomic mass is 19.4. The van der Waals surface area contributed by atoms with E-state index in [9.17, 15) is 13.2 Å². The Morgan fingerprint density at radius 1 is 1.15 bits per heavy atom. The summed E-state index contributed by atoms with van der Waals surface area (Å²) in [6, 6.07) is 7.84. The van der Waals surface area contributed by atoms with Crippen LogP contribution in [0.15, 0.2) is 36.7 Å². The van der Waals surface area contributed by atoms with E-state index in [4.69, 9.17) is 0 Å². The number of nitrogens with zero attached hydrogens (tertiary/aromatic N) is 1. The standard InChI is InChI=1S/C14H15F3N2O/c15-14(16,17)10-20-6-5-18-8-12-9-19-7-11-3-1-2-4-13(11)12/h1-4,7,9,18H,5-6,8,10H2. The first-order chi connectivity index (χ1) is 9.56. The number of fused-ring (bicyclic) bond motifs is 1. The fourth-order valence-electron chi connectivity index (χ4n) is 1.88. The maximum Gasteiger partial charge on any atom is 0.411 e. The first kappa shape index (κ1) is 14.7. The van der Waals surface area contributed by atoms with Crippen LogP contribution >= 0.6 is 0 Å². The lowest BCUT2D eigenvalue weighted by molar-refractivity contribution is -0.173. The van der Waals surface area contributed by atoms with E-state index in [1.165, 1.54) is 0 Å². The number of nitrogens with one attached hydrogen (secondary N) is 1. The van der Waals surface area contributed by atoms with E-state index in [2.05, 4.69) is 15.0 Å². The summed E-state index contributed by atoms with van der Waals surface area (Å²) in [4.78, 5) is 4.14. The number of alkyl halides is 3. The van der Waals surface area contributed by atoms with Gasteiger partial charge in [0.2, 0.25) is 0 Å². The zero-order valence-corrected chi connectivity index (χ0v) is 10.8. The number of ether oxygens (including phenoxy) is 1. The molecular weight excluding hydrogens is 269 g/mol. The Morgan fingerprint density at radius 2 is 1.95 bits per heavy atom. The Hall–Kier alpha value is -1.66. The maximum atomic E-state index is 11.9. The fraction of sp³-hybridized carbons (Fsp3) is 0.357. The van der Waals surface area contributed by atoms with Crippen molar-refractivity contribution in [3.63, 3.8) is 0 Å². The van der Waals surface area contributed by atoms with Crippen LogP contribution in [-0.2, 0) is 11.3 Å². The molecule has 0 spiro atoms. The van der Waals surface area contributed by atoms with Crippen molar-refractivity contribution in [2.24, 2.45) is 0 Å². The van der Waals surface area contributed by atoms with Gasteiger partial charge in [-0.2, -0.15) is 13.2 Å². The fourth-order valence-corrected chi connectivity index (χ4v) is 1.88. The van der Waals surface area contributed by atoms with E-state index in [1.54, 1.807) is 12.4 Å². The number of aromatic nitrogens is 1. The Kier molecular flexibility index (Phi) is 4.92. The minimum Gasteiger partial charge on any atom is -0.371 e. The molecule has 1 heterocycles. The van der Waals surface area contributed by atoms with E-state index >= 15 is 0 Å². The second-order valence-corrected chi connectivity index (χ2v) is 4.36. The van der Waals surface area contributed by atoms with Crippen LogP contribution in [0.3, 0.4) is 0 Å². The molecule has 0 aliphatic rings. The number of hydrogen-bond acceptors (Lipinski definition) is 3. The van der Waals surface area contributed by atoms with Crippen molar-refractivity contribution in [3.05, 3.63) is 42.2 Å². The van der Waals surface area contributed by atoms with Gasteiger partial charge in [0.05, 0.1) is 6.61 Å². The molecule has 1 aromatic carbocycles. The van der Waals surface area contributed by atoms with Crippen LogP contribution in [0.2, 0.25) is 0 Å². The normalized spacial score (nSPS) is 11.9. The van der Waals surface area contributed by atoms with Crippen LogP contribution in [0.5, 0.6) is 0 Å². The summed E-state index contributed by atoms with van der Waals surface area (Å²) in [5.41, 5.74) is 1.01. The molecule has 0 saturated carbocycles. The third-order valence-corrected chi connectivity index (χ3v) is 2.76. The summed E-state index contributed by atoms with van der Waals surface area (Å²) in [6.45, 7) is -0.273. The molecule has 20 heavy (non-hydrogen) atoms. The Balaban J connectivity index is 1.79. The average Bonchev–Trinajstić information content (AvgIpc) is 2.41. The molecule has 1 aromatic heterocycles. The van der Waals surface area contributed by atoms with Crippen LogP contribution < -0.4 is 5.32 Å². The molecule has 0 aliphatic carbocycles. The topological polar surface area (TPSA) is 34.1 Å².